The van der Waals surface area contributed by atoms with Gasteiger partial charge in [-0.25, -0.2) is 14.6 Å². The maximum Gasteiger partial charge on any atom is 0.235 e. The molecule has 0 radical (unpaired) electrons. The Morgan fingerprint density at radius 1 is 0.900 bits per heavy atom. The molecule has 0 aliphatic carbocycles. The van der Waals surface area contributed by atoms with Crippen molar-refractivity contribution in [3.8, 4) is 0 Å². The molecule has 0 aromatic carbocycles. The van der Waals surface area contributed by atoms with Crippen LogP contribution in [0.1, 0.15) is 61.3 Å². The van der Waals surface area contributed by atoms with E-state index in [9.17, 15) is 9.59 Å². The van der Waals surface area contributed by atoms with Crippen molar-refractivity contribution >= 4 is 12.2 Å². The highest BCUT2D eigenvalue weighted by Crippen LogP contribution is 2.47. The number of carbonyl (C=O) groups excluding carboxylic acids is 2. The zero-order valence-electron chi connectivity index (χ0n) is 13.9. The average molecular weight is 280 g/mol. The highest BCUT2D eigenvalue weighted by molar-refractivity contribution is 5.38. The minimum absolute atomic E-state index is 0.230. The Balaban J connectivity index is 5.86. The maximum atomic E-state index is 10.9. The highest BCUT2D eigenvalue weighted by atomic mass is 16.1. The van der Waals surface area contributed by atoms with Crippen LogP contribution in [0.4, 0.5) is 0 Å². The number of nitrogens with zero attached hydrogens (tertiary/aromatic N) is 2. The Bertz CT molecular complexity index is 395. The van der Waals surface area contributed by atoms with Crippen LogP contribution in [0.5, 0.6) is 0 Å². The summed E-state index contributed by atoms with van der Waals surface area (Å²) in [6, 6.07) is -0.399. The molecule has 0 aromatic heterocycles. The van der Waals surface area contributed by atoms with Crippen molar-refractivity contribution in [1.82, 2.24) is 0 Å². The summed E-state index contributed by atoms with van der Waals surface area (Å²) in [5.74, 6) is 0.930. The molecule has 0 N–H and O–H groups in total. The molecule has 0 fully saturated rings. The molecule has 4 heteroatoms. The third kappa shape index (κ3) is 4.40. The van der Waals surface area contributed by atoms with E-state index in [1.54, 1.807) is 12.2 Å². The van der Waals surface area contributed by atoms with Gasteiger partial charge < -0.3 is 0 Å². The quantitative estimate of drug-likeness (QED) is 0.500. The zero-order chi connectivity index (χ0) is 16.0. The van der Waals surface area contributed by atoms with Gasteiger partial charge in [0, 0.05) is 0 Å². The molecule has 0 aliphatic heterocycles. The third-order valence-electron chi connectivity index (χ3n) is 4.28. The van der Waals surface area contributed by atoms with Gasteiger partial charge in [0.1, 0.15) is 0 Å². The molecule has 0 saturated heterocycles. The first kappa shape index (κ1) is 18.8. The Morgan fingerprint density at radius 3 is 1.65 bits per heavy atom. The first-order chi connectivity index (χ1) is 9.13. The van der Waals surface area contributed by atoms with E-state index in [-0.39, 0.29) is 5.41 Å². The molecule has 0 amide bonds. The van der Waals surface area contributed by atoms with Gasteiger partial charge in [-0.2, -0.15) is 4.99 Å². The summed E-state index contributed by atoms with van der Waals surface area (Å²) >= 11 is 0. The number of isocyanates is 2. The molecule has 0 spiro atoms. The van der Waals surface area contributed by atoms with Crippen molar-refractivity contribution in [1.29, 1.82) is 0 Å². The van der Waals surface area contributed by atoms with Gasteiger partial charge >= 0.3 is 0 Å². The predicted molar refractivity (Wildman–Crippen MR) is 81.1 cm³/mol. The van der Waals surface area contributed by atoms with Gasteiger partial charge in [0.2, 0.25) is 12.2 Å². The molecule has 0 aliphatic rings. The number of rotatable bonds is 8. The standard InChI is InChI=1S/C16H28N2O2/c1-12(2)8-15(6,9-13(3)4)16(7,18-11-20)14(5)17-10-19/h12-14H,8-9H2,1-7H3. The Morgan fingerprint density at radius 2 is 1.35 bits per heavy atom. The smallest absolute Gasteiger partial charge is 0.211 e. The fraction of sp³-hybridized carbons (Fsp3) is 0.875. The SMILES string of the molecule is CC(C)CC(C)(CC(C)C)C(C)(N=C=O)C(C)N=C=O. The molecule has 2 atom stereocenters. The van der Waals surface area contributed by atoms with Crippen LogP contribution in [0.25, 0.3) is 0 Å². The van der Waals surface area contributed by atoms with Crippen LogP contribution in [0, 0.1) is 17.3 Å². The van der Waals surface area contributed by atoms with E-state index in [2.05, 4.69) is 44.6 Å². The van der Waals surface area contributed by atoms with Gasteiger partial charge in [0.15, 0.2) is 0 Å². The number of aliphatic imine (C=N–C) groups is 2. The molecule has 0 saturated carbocycles. The van der Waals surface area contributed by atoms with E-state index in [0.29, 0.717) is 11.8 Å². The van der Waals surface area contributed by atoms with Gasteiger partial charge in [0.05, 0.1) is 11.6 Å². The van der Waals surface area contributed by atoms with Crippen molar-refractivity contribution in [2.24, 2.45) is 27.2 Å². The maximum absolute atomic E-state index is 10.9. The van der Waals surface area contributed by atoms with Gasteiger partial charge in [0.25, 0.3) is 0 Å². The second-order valence-corrected chi connectivity index (χ2v) is 7.00. The lowest BCUT2D eigenvalue weighted by Gasteiger charge is -2.47. The lowest BCUT2D eigenvalue weighted by molar-refractivity contribution is 0.0804. The lowest BCUT2D eigenvalue weighted by atomic mass is 9.61. The van der Waals surface area contributed by atoms with E-state index in [1.807, 2.05) is 13.8 Å². The summed E-state index contributed by atoms with van der Waals surface area (Å²) in [5.41, 5.74) is -0.979. The van der Waals surface area contributed by atoms with E-state index < -0.39 is 11.6 Å². The molecule has 20 heavy (non-hydrogen) atoms. The minimum Gasteiger partial charge on any atom is -0.211 e. The largest absolute Gasteiger partial charge is 0.235 e. The Kier molecular flexibility index (Phi) is 7.05. The third-order valence-corrected chi connectivity index (χ3v) is 4.28. The van der Waals surface area contributed by atoms with Crippen LogP contribution in [-0.2, 0) is 9.59 Å². The Hall–Kier alpha value is -1.24. The predicted octanol–water partition coefficient (Wildman–Crippen LogP) is 3.90. The molecule has 0 rings (SSSR count). The summed E-state index contributed by atoms with van der Waals surface area (Å²) < 4.78 is 0. The van der Waals surface area contributed by atoms with Gasteiger partial charge in [-0.05, 0) is 43.9 Å². The minimum atomic E-state index is -0.749. The molecule has 0 aromatic rings. The van der Waals surface area contributed by atoms with Crippen LogP contribution in [0.2, 0.25) is 0 Å². The summed E-state index contributed by atoms with van der Waals surface area (Å²) in [7, 11) is 0. The average Bonchev–Trinajstić information content (AvgIpc) is 2.26. The lowest BCUT2D eigenvalue weighted by Crippen LogP contribution is -2.51. The van der Waals surface area contributed by atoms with Crippen LogP contribution in [-0.4, -0.2) is 23.7 Å². The molecule has 114 valence electrons. The molecule has 4 nitrogen and oxygen atoms in total. The Labute approximate surface area is 122 Å². The zero-order valence-corrected chi connectivity index (χ0v) is 13.9. The van der Waals surface area contributed by atoms with Crippen LogP contribution < -0.4 is 0 Å². The number of hydrogen-bond acceptors (Lipinski definition) is 4. The monoisotopic (exact) mass is 280 g/mol. The fourth-order valence-corrected chi connectivity index (χ4v) is 3.33. The van der Waals surface area contributed by atoms with Crippen molar-refractivity contribution < 1.29 is 9.59 Å². The van der Waals surface area contributed by atoms with Gasteiger partial charge in [-0.15, -0.1) is 0 Å². The summed E-state index contributed by atoms with van der Waals surface area (Å²) in [5, 5.41) is 0. The first-order valence-corrected chi connectivity index (χ1v) is 7.29. The van der Waals surface area contributed by atoms with Crippen molar-refractivity contribution in [2.75, 3.05) is 0 Å². The van der Waals surface area contributed by atoms with E-state index in [0.717, 1.165) is 12.8 Å². The van der Waals surface area contributed by atoms with Crippen molar-refractivity contribution in [3.63, 3.8) is 0 Å². The first-order valence-electron chi connectivity index (χ1n) is 7.29. The van der Waals surface area contributed by atoms with Crippen molar-refractivity contribution in [3.05, 3.63) is 0 Å². The summed E-state index contributed by atoms with van der Waals surface area (Å²) in [4.78, 5) is 29.4. The molecule has 0 bridgehead atoms. The van der Waals surface area contributed by atoms with E-state index >= 15 is 0 Å². The topological polar surface area (TPSA) is 58.9 Å². The second kappa shape index (κ2) is 7.52. The molecule has 0 heterocycles. The summed E-state index contributed by atoms with van der Waals surface area (Å²) in [6.07, 6.45) is 5.10. The van der Waals surface area contributed by atoms with Crippen LogP contribution in [0.3, 0.4) is 0 Å². The van der Waals surface area contributed by atoms with Gasteiger partial charge in [-0.1, -0.05) is 34.6 Å². The molecule has 2 unspecified atom stereocenters. The highest BCUT2D eigenvalue weighted by Gasteiger charge is 2.49. The van der Waals surface area contributed by atoms with Gasteiger partial charge in [-0.3, -0.25) is 0 Å². The van der Waals surface area contributed by atoms with Crippen LogP contribution in [0.15, 0.2) is 9.98 Å². The van der Waals surface area contributed by atoms with Crippen LogP contribution >= 0.6 is 0 Å². The normalized spacial score (nSPS) is 16.2. The molecular formula is C16H28N2O2. The second-order valence-electron chi connectivity index (χ2n) is 7.00. The summed E-state index contributed by atoms with van der Waals surface area (Å²) in [6.45, 7) is 14.4. The van der Waals surface area contributed by atoms with E-state index in [4.69, 9.17) is 0 Å². The number of hydrogen-bond donors (Lipinski definition) is 0. The van der Waals surface area contributed by atoms with E-state index in [1.165, 1.54) is 0 Å². The van der Waals surface area contributed by atoms with Crippen molar-refractivity contribution in [2.45, 2.75) is 72.9 Å². The molecular weight excluding hydrogens is 252 g/mol. The fourth-order valence-electron chi connectivity index (χ4n) is 3.33.